The fourth-order valence-electron chi connectivity index (χ4n) is 3.12. The minimum absolute atomic E-state index is 0.0479. The van der Waals surface area contributed by atoms with Gasteiger partial charge >= 0.3 is 5.97 Å². The maximum absolute atomic E-state index is 12.8. The average molecular weight is 437 g/mol. The number of methoxy groups -OCH3 is 1. The molecule has 0 amide bonds. The van der Waals surface area contributed by atoms with Crippen LogP contribution in [0.5, 0.6) is 5.75 Å². The SMILES string of the molecule is CCOC(=O)c1[nH]c(C)c(C(=O)CN(C)Cc2cc(Br)ccc2OC)c1C. The zero-order valence-corrected chi connectivity index (χ0v) is 17.9. The number of aryl methyl sites for hydroxylation is 1. The topological polar surface area (TPSA) is 71.6 Å². The van der Waals surface area contributed by atoms with E-state index in [2.05, 4.69) is 20.9 Å². The van der Waals surface area contributed by atoms with E-state index in [4.69, 9.17) is 9.47 Å². The van der Waals surface area contributed by atoms with Crippen LogP contribution in [-0.2, 0) is 11.3 Å². The molecule has 6 nitrogen and oxygen atoms in total. The molecule has 0 aliphatic carbocycles. The summed E-state index contributed by atoms with van der Waals surface area (Å²) >= 11 is 3.46. The second-order valence-electron chi connectivity index (χ2n) is 6.40. The Morgan fingerprint density at radius 2 is 1.96 bits per heavy atom. The quantitative estimate of drug-likeness (QED) is 0.501. The van der Waals surface area contributed by atoms with Crippen molar-refractivity contribution in [1.82, 2.24) is 9.88 Å². The number of hydrogen-bond donors (Lipinski definition) is 1. The molecule has 0 radical (unpaired) electrons. The number of ketones is 1. The van der Waals surface area contributed by atoms with Crippen LogP contribution >= 0.6 is 15.9 Å². The third-order valence-corrected chi connectivity index (χ3v) is 4.79. The first-order valence-corrected chi connectivity index (χ1v) is 9.48. The average Bonchev–Trinajstić information content (AvgIpc) is 2.89. The maximum atomic E-state index is 12.8. The van der Waals surface area contributed by atoms with Gasteiger partial charge in [-0.05, 0) is 51.6 Å². The number of aromatic amines is 1. The van der Waals surface area contributed by atoms with Gasteiger partial charge in [-0.15, -0.1) is 0 Å². The van der Waals surface area contributed by atoms with Crippen LogP contribution in [0.4, 0.5) is 0 Å². The van der Waals surface area contributed by atoms with Gasteiger partial charge in [-0.25, -0.2) is 4.79 Å². The Morgan fingerprint density at radius 1 is 1.26 bits per heavy atom. The number of Topliss-reactive ketones (excluding diaryl/α,β-unsaturated/α-hetero) is 1. The fourth-order valence-corrected chi connectivity index (χ4v) is 3.53. The third-order valence-electron chi connectivity index (χ3n) is 4.29. The lowest BCUT2D eigenvalue weighted by atomic mass is 10.0. The summed E-state index contributed by atoms with van der Waals surface area (Å²) in [6.07, 6.45) is 0. The van der Waals surface area contributed by atoms with E-state index in [1.807, 2.05) is 30.1 Å². The van der Waals surface area contributed by atoms with Gasteiger partial charge in [-0.3, -0.25) is 9.69 Å². The second-order valence-corrected chi connectivity index (χ2v) is 7.31. The molecule has 0 saturated heterocycles. The molecule has 1 N–H and O–H groups in total. The molecule has 1 heterocycles. The van der Waals surface area contributed by atoms with Crippen molar-refractivity contribution in [3.8, 4) is 5.75 Å². The first-order valence-electron chi connectivity index (χ1n) is 8.68. The number of rotatable bonds is 8. The molecular formula is C20H25BrN2O4. The Morgan fingerprint density at radius 3 is 2.59 bits per heavy atom. The summed E-state index contributed by atoms with van der Waals surface area (Å²) in [6, 6.07) is 5.78. The number of ether oxygens (including phenoxy) is 2. The summed E-state index contributed by atoms with van der Waals surface area (Å²) in [5, 5.41) is 0. The maximum Gasteiger partial charge on any atom is 0.355 e. The minimum Gasteiger partial charge on any atom is -0.496 e. The number of esters is 1. The van der Waals surface area contributed by atoms with Crippen molar-refractivity contribution in [2.75, 3.05) is 27.3 Å². The van der Waals surface area contributed by atoms with E-state index in [9.17, 15) is 9.59 Å². The van der Waals surface area contributed by atoms with E-state index in [0.29, 0.717) is 29.1 Å². The van der Waals surface area contributed by atoms with Gasteiger partial charge in [0.1, 0.15) is 11.4 Å². The molecule has 27 heavy (non-hydrogen) atoms. The van der Waals surface area contributed by atoms with Gasteiger partial charge in [0.15, 0.2) is 5.78 Å². The highest BCUT2D eigenvalue weighted by molar-refractivity contribution is 9.10. The molecule has 1 aromatic heterocycles. The molecule has 146 valence electrons. The summed E-state index contributed by atoms with van der Waals surface area (Å²) in [7, 11) is 3.50. The fraction of sp³-hybridized carbons (Fsp3) is 0.400. The van der Waals surface area contributed by atoms with Crippen LogP contribution < -0.4 is 4.74 Å². The van der Waals surface area contributed by atoms with Gasteiger partial charge < -0.3 is 14.5 Å². The number of hydrogen-bond acceptors (Lipinski definition) is 5. The number of aromatic nitrogens is 1. The smallest absolute Gasteiger partial charge is 0.355 e. The third kappa shape index (κ3) is 4.99. The van der Waals surface area contributed by atoms with E-state index in [1.165, 1.54) is 0 Å². The number of carbonyl (C=O) groups excluding carboxylic acids is 2. The Balaban J connectivity index is 2.16. The van der Waals surface area contributed by atoms with Crippen molar-refractivity contribution in [3.63, 3.8) is 0 Å². The van der Waals surface area contributed by atoms with Crippen molar-refractivity contribution >= 4 is 27.7 Å². The zero-order chi connectivity index (χ0) is 20.1. The highest BCUT2D eigenvalue weighted by atomic mass is 79.9. The Kier molecular flexibility index (Phi) is 7.21. The van der Waals surface area contributed by atoms with Crippen molar-refractivity contribution in [2.24, 2.45) is 0 Å². The monoisotopic (exact) mass is 436 g/mol. The second kappa shape index (κ2) is 9.19. The van der Waals surface area contributed by atoms with Crippen molar-refractivity contribution in [2.45, 2.75) is 27.3 Å². The molecule has 0 aliphatic rings. The summed E-state index contributed by atoms with van der Waals surface area (Å²) in [5.41, 5.74) is 3.18. The number of likely N-dealkylation sites (N-methyl/N-ethyl adjacent to an activating group) is 1. The van der Waals surface area contributed by atoms with Crippen LogP contribution in [0.15, 0.2) is 22.7 Å². The van der Waals surface area contributed by atoms with Gasteiger partial charge in [0, 0.05) is 27.8 Å². The van der Waals surface area contributed by atoms with Crippen LogP contribution in [0.3, 0.4) is 0 Å². The molecule has 1 aromatic carbocycles. The van der Waals surface area contributed by atoms with Crippen LogP contribution in [-0.4, -0.2) is 48.9 Å². The van der Waals surface area contributed by atoms with Gasteiger partial charge in [-0.2, -0.15) is 0 Å². The number of nitrogens with zero attached hydrogens (tertiary/aromatic N) is 1. The van der Waals surface area contributed by atoms with Crippen LogP contribution in [0, 0.1) is 13.8 Å². The molecule has 0 spiro atoms. The Bertz CT molecular complexity index is 845. The van der Waals surface area contributed by atoms with Crippen molar-refractivity contribution in [1.29, 1.82) is 0 Å². The standard InChI is InChI=1S/C20H25BrN2O4/c1-6-27-20(25)19-12(2)18(13(3)22-19)16(24)11-23(4)10-14-9-15(21)7-8-17(14)26-5/h7-9,22H,6,10-11H2,1-5H3. The number of carbonyl (C=O) groups is 2. The van der Waals surface area contributed by atoms with Crippen molar-refractivity contribution < 1.29 is 19.1 Å². The minimum atomic E-state index is -0.440. The molecule has 0 saturated carbocycles. The molecule has 0 aliphatic heterocycles. The largest absolute Gasteiger partial charge is 0.496 e. The molecule has 0 bridgehead atoms. The van der Waals surface area contributed by atoms with E-state index in [1.54, 1.807) is 27.9 Å². The van der Waals surface area contributed by atoms with Crippen LogP contribution in [0.2, 0.25) is 0 Å². The van der Waals surface area contributed by atoms with E-state index < -0.39 is 5.97 Å². The molecule has 7 heteroatoms. The molecular weight excluding hydrogens is 412 g/mol. The van der Waals surface area contributed by atoms with E-state index in [0.717, 1.165) is 15.8 Å². The van der Waals surface area contributed by atoms with E-state index in [-0.39, 0.29) is 18.9 Å². The highest BCUT2D eigenvalue weighted by Gasteiger charge is 2.23. The predicted octanol–water partition coefficient (Wildman–Crippen LogP) is 3.89. The predicted molar refractivity (Wildman–Crippen MR) is 108 cm³/mol. The lowest BCUT2D eigenvalue weighted by Gasteiger charge is -2.18. The lowest BCUT2D eigenvalue weighted by molar-refractivity contribution is 0.0519. The first kappa shape index (κ1) is 21.2. The molecule has 0 atom stereocenters. The van der Waals surface area contributed by atoms with Crippen LogP contribution in [0.25, 0.3) is 0 Å². The summed E-state index contributed by atoms with van der Waals surface area (Å²) < 4.78 is 11.4. The number of H-pyrrole nitrogens is 1. The van der Waals surface area contributed by atoms with E-state index >= 15 is 0 Å². The number of halogens is 1. The zero-order valence-electron chi connectivity index (χ0n) is 16.3. The number of benzene rings is 1. The first-order chi connectivity index (χ1) is 12.8. The summed E-state index contributed by atoms with van der Waals surface area (Å²) in [6.45, 7) is 6.37. The van der Waals surface area contributed by atoms with Gasteiger partial charge in [-0.1, -0.05) is 15.9 Å². The number of nitrogens with one attached hydrogen (secondary N) is 1. The Labute approximate surface area is 168 Å². The lowest BCUT2D eigenvalue weighted by Crippen LogP contribution is -2.26. The normalized spacial score (nSPS) is 10.9. The summed E-state index contributed by atoms with van der Waals surface area (Å²) in [5.74, 6) is 0.286. The van der Waals surface area contributed by atoms with Crippen LogP contribution in [0.1, 0.15) is 44.6 Å². The molecule has 0 fully saturated rings. The van der Waals surface area contributed by atoms with Gasteiger partial charge in [0.25, 0.3) is 0 Å². The highest BCUT2D eigenvalue weighted by Crippen LogP contribution is 2.25. The summed E-state index contributed by atoms with van der Waals surface area (Å²) in [4.78, 5) is 29.8. The van der Waals surface area contributed by atoms with Crippen molar-refractivity contribution in [3.05, 3.63) is 50.8 Å². The molecule has 0 unspecified atom stereocenters. The molecule has 2 aromatic rings. The van der Waals surface area contributed by atoms with Gasteiger partial charge in [0.05, 0.1) is 20.3 Å². The molecule has 2 rings (SSSR count). The van der Waals surface area contributed by atoms with Gasteiger partial charge in [0.2, 0.25) is 0 Å². The Hall–Kier alpha value is -2.12.